The number of aromatic hydroxyl groups is 4. The minimum atomic E-state index is -2.42. The van der Waals surface area contributed by atoms with E-state index in [2.05, 4.69) is 66.6 Å². The van der Waals surface area contributed by atoms with Crippen molar-refractivity contribution in [2.45, 2.75) is 194 Å². The van der Waals surface area contributed by atoms with E-state index in [1.54, 1.807) is 0 Å². The van der Waals surface area contributed by atoms with Gasteiger partial charge < -0.3 is 159 Å². The predicted molar refractivity (Wildman–Crippen MR) is 472 cm³/mol. The molecule has 2 fully saturated rings. The lowest BCUT2D eigenvalue weighted by Crippen LogP contribution is -2.65. The van der Waals surface area contributed by atoms with E-state index in [9.17, 15) is 70.9 Å². The van der Waals surface area contributed by atoms with Crippen molar-refractivity contribution in [2.24, 2.45) is 17.4 Å². The first kappa shape index (κ1) is 98.0. The SMILES string of the molecule is CN[C@@H]1C(=O)N[C@@H]2Cc3ccc(cc3)Oc3cc4cc(c3O[C@@H]3O[C@H](CO)[C@@H](O)[C@H](O)[C@H]3NC(=O)CCCCCCCC(C)C)Oc3ccc(cc3Cl)[C@@H](O)[C@@H]3NC(=O)[C@H](NC(=O)[C@@H]4NC(=O)[C@@H](NC2=O)c2cc(cc(O)c2Cl)Oc2cc1ccc2O)c1ccc(O)c(c1)-c1c(O[C@H]2O[C@H](CO)[C@@H](O)[C@H](O)[C@@H]2O)cc(O)cc1[C@@H](C(=O)NCCCN(CCCN)CCCN)NC3=O. The summed E-state index contributed by atoms with van der Waals surface area (Å²) in [6.07, 6.45) is -13.9. The van der Waals surface area contributed by atoms with E-state index in [0.29, 0.717) is 69.9 Å². The van der Waals surface area contributed by atoms with Crippen LogP contribution in [0.15, 0.2) is 115 Å². The number of fused-ring (bicyclic) bond motifs is 14. The number of benzene rings is 7. The number of likely N-dealkylation sites (N-methyl/N-ethyl adjacent to an activating group) is 1. The van der Waals surface area contributed by atoms with Gasteiger partial charge in [0.25, 0.3) is 0 Å². The average Bonchev–Trinajstić information content (AvgIpc) is 0.759. The number of aliphatic hydroxyl groups is 8. The van der Waals surface area contributed by atoms with Crippen LogP contribution in [0.1, 0.15) is 153 Å². The van der Waals surface area contributed by atoms with Crippen LogP contribution in [0.4, 0.5) is 0 Å². The third-order valence-electron chi connectivity index (χ3n) is 23.7. The molecule has 15 rings (SSSR count). The molecule has 17 bridgehead atoms. The largest absolute Gasteiger partial charge is 0.508 e. The quantitative estimate of drug-likeness (QED) is 0.0329. The number of hydrogen-bond acceptors (Lipinski definition) is 31. The van der Waals surface area contributed by atoms with E-state index in [0.717, 1.165) is 86.3 Å². The maximum Gasteiger partial charge on any atom is 0.248 e. The number of hydrogen-bond donors (Lipinski definition) is 23. The summed E-state index contributed by atoms with van der Waals surface area (Å²) in [5.41, 5.74) is 9.25. The maximum absolute atomic E-state index is 16.9. The van der Waals surface area contributed by atoms with Gasteiger partial charge in [-0.25, -0.2) is 0 Å². The first-order valence-corrected chi connectivity index (χ1v) is 44.3. The summed E-state index contributed by atoms with van der Waals surface area (Å²) in [5, 5.41) is 163. The van der Waals surface area contributed by atoms with Gasteiger partial charge in [-0.2, -0.15) is 0 Å². The summed E-state index contributed by atoms with van der Waals surface area (Å²) in [7, 11) is 1.44. The van der Waals surface area contributed by atoms with Crippen molar-refractivity contribution in [1.29, 1.82) is 0 Å². The van der Waals surface area contributed by atoms with Gasteiger partial charge in [-0.05, 0) is 178 Å². The lowest BCUT2D eigenvalue weighted by atomic mass is 9.89. The number of unbranched alkanes of at least 4 members (excludes halogenated alkanes) is 4. The molecule has 8 heterocycles. The molecule has 0 aromatic heterocycles. The summed E-state index contributed by atoms with van der Waals surface area (Å²) < 4.78 is 45.1. The van der Waals surface area contributed by atoms with Crippen LogP contribution in [0, 0.1) is 5.92 Å². The lowest BCUT2D eigenvalue weighted by molar-refractivity contribution is -0.277. The Labute approximate surface area is 767 Å². The number of amides is 8. The molecular formula is C91H110Cl2N12O27. The molecule has 2 saturated heterocycles. The highest BCUT2D eigenvalue weighted by atomic mass is 35.5. The summed E-state index contributed by atoms with van der Waals surface area (Å²) in [5.74, 6) is -15.0. The molecule has 0 unspecified atom stereocenters. The van der Waals surface area contributed by atoms with Gasteiger partial charge in [-0.3, -0.25) is 38.4 Å². The Kier molecular flexibility index (Phi) is 32.6. The summed E-state index contributed by atoms with van der Waals surface area (Å²) in [6, 6.07) is 6.46. The van der Waals surface area contributed by atoms with Crippen molar-refractivity contribution in [1.82, 2.24) is 52.8 Å². The molecule has 132 heavy (non-hydrogen) atoms. The van der Waals surface area contributed by atoms with E-state index >= 15 is 28.8 Å². The standard InChI is InChI=1S/C91H110Cl2N12O27/c1-42(2)12-7-5-4-6-8-13-66(112)99-75-79(116)77(114)64(40-106)130-90(75)132-82-62-34-47-35-63(82)128-59-23-18-46(32-54(59)92)76(113)74-89(125)103-72(84(120)97-26-11-29-105(27-9-24-94)28-10-25-95)52-36-48(108)37-61(129-91-81(118)80(117)78(115)65(41-107)131-91)67(52)51-31-44(16-21-56(51)109)70(86(122)104-74)100-87(123)71(47)101-88(124)73-53-38-50(39-58(111)68(53)93)127-60-33-45(17-22-57(60)110)69(96-3)85(121)98-55(83(119)102-73)30-43-14-19-49(126-62)20-15-43/h14-23,31-39,42,55,64-65,69-81,90-91,96,106-111,113-118H,4-13,24-30,40-41,94-95H2,1-3H3,(H,97,120)(H,98,121)(H,99,112)(H,100,123)(H,101,124)(H,102,119)(H,103,125)(H,104,122)/t55-,64-,65-,69+,70-,71-,72+,73+,74+,75-,76-,77-,78-,79-,80+,81+,90+,91+/m1/s1. The minimum Gasteiger partial charge on any atom is -0.508 e. The smallest absolute Gasteiger partial charge is 0.248 e. The van der Waals surface area contributed by atoms with E-state index in [4.69, 9.17) is 67.8 Å². The van der Waals surface area contributed by atoms with E-state index in [1.807, 2.05) is 0 Å². The molecule has 8 amide bonds. The second-order valence-electron chi connectivity index (χ2n) is 33.6. The second-order valence-corrected chi connectivity index (χ2v) is 34.4. The predicted octanol–water partition coefficient (Wildman–Crippen LogP) is 3.12. The Balaban J connectivity index is 1.03. The van der Waals surface area contributed by atoms with Crippen LogP contribution in [0.2, 0.25) is 10.0 Å². The second kappa shape index (κ2) is 43.9. The molecule has 8 aliphatic rings. The zero-order valence-electron chi connectivity index (χ0n) is 72.2. The maximum atomic E-state index is 16.9. The number of carbonyl (C=O) groups is 8. The van der Waals surface area contributed by atoms with Gasteiger partial charge in [0.1, 0.15) is 137 Å². The van der Waals surface area contributed by atoms with Gasteiger partial charge in [-0.1, -0.05) is 99.5 Å². The molecule has 7 aromatic carbocycles. The number of carbonyl (C=O) groups excluding carboxylic acids is 8. The third kappa shape index (κ3) is 22.7. The highest BCUT2D eigenvalue weighted by Crippen LogP contribution is 2.51. The van der Waals surface area contributed by atoms with Crippen molar-refractivity contribution < 1.29 is 133 Å². The van der Waals surface area contributed by atoms with E-state index < -0.39 is 260 Å². The summed E-state index contributed by atoms with van der Waals surface area (Å²) in [4.78, 5) is 128. The van der Waals surface area contributed by atoms with Crippen LogP contribution >= 0.6 is 23.2 Å². The van der Waals surface area contributed by atoms with Crippen LogP contribution in [-0.2, 0) is 54.3 Å². The van der Waals surface area contributed by atoms with Crippen LogP contribution in [0.25, 0.3) is 11.1 Å². The van der Waals surface area contributed by atoms with E-state index in [1.165, 1.54) is 61.6 Å². The molecule has 7 aromatic rings. The Morgan fingerprint density at radius 1 is 0.538 bits per heavy atom. The van der Waals surface area contributed by atoms with Gasteiger partial charge in [0.05, 0.1) is 23.3 Å². The molecule has 0 aliphatic carbocycles. The molecular weight excluding hydrogens is 1760 g/mol. The first-order chi connectivity index (χ1) is 63.3. The van der Waals surface area contributed by atoms with Crippen molar-refractivity contribution in [2.75, 3.05) is 59.5 Å². The van der Waals surface area contributed by atoms with Crippen LogP contribution in [0.5, 0.6) is 69.0 Å². The summed E-state index contributed by atoms with van der Waals surface area (Å²) in [6.45, 7) is 4.47. The highest BCUT2D eigenvalue weighted by Gasteiger charge is 2.50. The van der Waals surface area contributed by atoms with Crippen molar-refractivity contribution in [3.05, 3.63) is 164 Å². The minimum absolute atomic E-state index is 0.0825. The normalized spacial score (nSPS) is 25.5. The van der Waals surface area contributed by atoms with Gasteiger partial charge >= 0.3 is 0 Å². The highest BCUT2D eigenvalue weighted by molar-refractivity contribution is 6.33. The number of aliphatic hydroxyl groups excluding tert-OH is 8. The fourth-order valence-corrected chi connectivity index (χ4v) is 17.1. The number of ether oxygens (including phenoxy) is 7. The molecule has 0 saturated carbocycles. The zero-order valence-corrected chi connectivity index (χ0v) is 73.7. The molecule has 41 heteroatoms. The first-order valence-electron chi connectivity index (χ1n) is 43.6. The Morgan fingerprint density at radius 2 is 1.15 bits per heavy atom. The zero-order chi connectivity index (χ0) is 94.6. The molecule has 0 radical (unpaired) electrons. The molecule has 18 atom stereocenters. The fourth-order valence-electron chi connectivity index (χ4n) is 16.6. The number of phenols is 4. The molecule has 8 aliphatic heterocycles. The van der Waals surface area contributed by atoms with E-state index in [-0.39, 0.29) is 59.9 Å². The molecule has 0 spiro atoms. The molecule has 710 valence electrons. The number of phenolic OH excluding ortho intramolecular Hbond substituents is 4. The van der Waals surface area contributed by atoms with Gasteiger partial charge in [-0.15, -0.1) is 0 Å². The van der Waals surface area contributed by atoms with Crippen molar-refractivity contribution in [3.63, 3.8) is 0 Å². The van der Waals surface area contributed by atoms with Gasteiger partial charge in [0.15, 0.2) is 23.0 Å². The number of halogens is 2. The molecule has 39 nitrogen and oxygen atoms in total. The summed E-state index contributed by atoms with van der Waals surface area (Å²) >= 11 is 14.4. The number of nitrogens with zero attached hydrogens (tertiary/aromatic N) is 1. The Morgan fingerprint density at radius 3 is 1.84 bits per heavy atom. The number of nitrogens with one attached hydrogen (secondary N) is 9. The van der Waals surface area contributed by atoms with Crippen LogP contribution < -0.4 is 83.0 Å². The monoisotopic (exact) mass is 1870 g/mol. The molecule has 25 N–H and O–H groups in total. The van der Waals surface area contributed by atoms with Gasteiger partial charge in [0.2, 0.25) is 65.6 Å². The number of rotatable bonds is 27. The van der Waals surface area contributed by atoms with Crippen molar-refractivity contribution in [3.8, 4) is 80.1 Å². The Bertz CT molecular complexity index is 5340. The van der Waals surface area contributed by atoms with Crippen LogP contribution in [-0.4, -0.2) is 246 Å². The fraction of sp³-hybridized carbons (Fsp3) is 0.451. The topological polar surface area (TPSA) is 607 Å². The van der Waals surface area contributed by atoms with Crippen molar-refractivity contribution >= 4 is 70.5 Å². The van der Waals surface area contributed by atoms with Crippen LogP contribution in [0.3, 0.4) is 0 Å². The Hall–Kier alpha value is -11.5. The third-order valence-corrected chi connectivity index (χ3v) is 24.5. The van der Waals surface area contributed by atoms with Gasteiger partial charge in [0, 0.05) is 48.2 Å². The average molecular weight is 1870 g/mol. The lowest BCUT2D eigenvalue weighted by Gasteiger charge is -2.42. The number of nitrogens with two attached hydrogens (primary N) is 2.